The van der Waals surface area contributed by atoms with Crippen molar-refractivity contribution in [1.82, 2.24) is 0 Å². The second kappa shape index (κ2) is 3.82. The molecule has 0 aromatic rings. The molecule has 0 saturated heterocycles. The van der Waals surface area contributed by atoms with E-state index in [1.54, 1.807) is 0 Å². The zero-order valence-corrected chi connectivity index (χ0v) is 5.38. The maximum absolute atomic E-state index is 9.16. The van der Waals surface area contributed by atoms with Crippen LogP contribution in [-0.4, -0.2) is 34.1 Å². The highest BCUT2D eigenvalue weighted by molar-refractivity contribution is 4.77. The Bertz CT molecular complexity index is 68.7. The monoisotopic (exact) mass is 133 g/mol. The van der Waals surface area contributed by atoms with Gasteiger partial charge in [0, 0.05) is 13.0 Å². The van der Waals surface area contributed by atoms with Crippen LogP contribution in [0.4, 0.5) is 0 Å². The lowest BCUT2D eigenvalue weighted by atomic mass is 9.99. The van der Waals surface area contributed by atoms with E-state index in [9.17, 15) is 0 Å². The van der Waals surface area contributed by atoms with Crippen molar-refractivity contribution in [1.29, 1.82) is 0 Å². The molecule has 3 heteroatoms. The predicted molar refractivity (Wildman–Crippen MR) is 33.7 cm³/mol. The molecule has 0 heterocycles. The molecule has 55 valence electrons. The van der Waals surface area contributed by atoms with Gasteiger partial charge in [0.15, 0.2) is 0 Å². The molecule has 1 atom stereocenters. The summed E-state index contributed by atoms with van der Waals surface area (Å²) in [5.41, 5.74) is -1.17. The van der Waals surface area contributed by atoms with E-state index in [1.807, 2.05) is 0 Å². The Morgan fingerprint density at radius 2 is 1.89 bits per heavy atom. The Morgan fingerprint density at radius 1 is 1.33 bits per heavy atom. The highest BCUT2D eigenvalue weighted by Crippen LogP contribution is 2.11. The second-order valence-electron chi connectivity index (χ2n) is 2.11. The number of aliphatic hydroxyl groups excluding tert-OH is 2. The third kappa shape index (κ3) is 2.79. The summed E-state index contributed by atoms with van der Waals surface area (Å²) >= 11 is 0. The highest BCUT2D eigenvalue weighted by Gasteiger charge is 2.21. The Hall–Kier alpha value is -0.120. The quantitative estimate of drug-likeness (QED) is 0.476. The first-order valence-corrected chi connectivity index (χ1v) is 2.92. The van der Waals surface area contributed by atoms with Crippen LogP contribution in [-0.2, 0) is 0 Å². The molecule has 0 rings (SSSR count). The molecule has 0 spiro atoms. The van der Waals surface area contributed by atoms with Gasteiger partial charge in [-0.05, 0) is 6.42 Å². The van der Waals surface area contributed by atoms with Gasteiger partial charge in [0.2, 0.25) is 0 Å². The summed E-state index contributed by atoms with van der Waals surface area (Å²) in [6.45, 7) is 2.97. The fourth-order valence-corrected chi connectivity index (χ4v) is 0.491. The first kappa shape index (κ1) is 8.88. The van der Waals surface area contributed by atoms with Crippen LogP contribution in [0.1, 0.15) is 12.8 Å². The van der Waals surface area contributed by atoms with Crippen LogP contribution >= 0.6 is 0 Å². The van der Waals surface area contributed by atoms with E-state index >= 15 is 0 Å². The molecule has 9 heavy (non-hydrogen) atoms. The van der Waals surface area contributed by atoms with Crippen LogP contribution in [0.3, 0.4) is 0 Å². The molecule has 0 bridgehead atoms. The van der Waals surface area contributed by atoms with Gasteiger partial charge in [0.25, 0.3) is 0 Å². The lowest BCUT2D eigenvalue weighted by Gasteiger charge is -2.22. The van der Waals surface area contributed by atoms with Crippen molar-refractivity contribution in [2.24, 2.45) is 0 Å². The molecular formula is C6H13O3. The Balaban J connectivity index is 3.62. The first-order valence-electron chi connectivity index (χ1n) is 2.92. The zero-order valence-electron chi connectivity index (χ0n) is 5.38. The summed E-state index contributed by atoms with van der Waals surface area (Å²) in [6, 6.07) is 0. The van der Waals surface area contributed by atoms with Crippen molar-refractivity contribution in [3.63, 3.8) is 0 Å². The first-order chi connectivity index (χ1) is 4.18. The largest absolute Gasteiger partial charge is 0.396 e. The van der Waals surface area contributed by atoms with E-state index in [-0.39, 0.29) is 26.1 Å². The standard InChI is InChI=1S/C6H13O3/c1-2-6(9,5-8)3-4-7/h7-9H,1-5H2. The Morgan fingerprint density at radius 3 is 2.00 bits per heavy atom. The molecule has 1 unspecified atom stereocenters. The number of rotatable bonds is 4. The molecule has 0 amide bonds. The number of hydrogen-bond acceptors (Lipinski definition) is 3. The van der Waals surface area contributed by atoms with Gasteiger partial charge in [0.05, 0.1) is 12.2 Å². The maximum atomic E-state index is 9.16. The van der Waals surface area contributed by atoms with Crippen LogP contribution in [0.2, 0.25) is 0 Å². The Labute approximate surface area is 54.9 Å². The molecule has 0 aliphatic heterocycles. The summed E-state index contributed by atoms with van der Waals surface area (Å²) in [5.74, 6) is 0. The average Bonchev–Trinajstić information content (AvgIpc) is 1.89. The fourth-order valence-electron chi connectivity index (χ4n) is 0.491. The topological polar surface area (TPSA) is 60.7 Å². The molecule has 0 aliphatic carbocycles. The lowest BCUT2D eigenvalue weighted by molar-refractivity contribution is -0.0296. The van der Waals surface area contributed by atoms with Gasteiger partial charge >= 0.3 is 0 Å². The van der Waals surface area contributed by atoms with Crippen LogP contribution in [0.5, 0.6) is 0 Å². The second-order valence-corrected chi connectivity index (χ2v) is 2.11. The minimum Gasteiger partial charge on any atom is -0.396 e. The molecule has 0 aromatic heterocycles. The Kier molecular flexibility index (Phi) is 3.77. The minimum atomic E-state index is -1.17. The maximum Gasteiger partial charge on any atom is 0.0899 e. The van der Waals surface area contributed by atoms with E-state index in [4.69, 9.17) is 15.3 Å². The van der Waals surface area contributed by atoms with Crippen molar-refractivity contribution in [2.45, 2.75) is 18.4 Å². The normalized spacial score (nSPS) is 17.3. The third-order valence-electron chi connectivity index (χ3n) is 1.34. The van der Waals surface area contributed by atoms with Gasteiger partial charge < -0.3 is 15.3 Å². The van der Waals surface area contributed by atoms with E-state index in [2.05, 4.69) is 6.92 Å². The van der Waals surface area contributed by atoms with E-state index in [1.165, 1.54) is 0 Å². The summed E-state index contributed by atoms with van der Waals surface area (Å²) in [5, 5.41) is 26.0. The molecule has 1 radical (unpaired) electrons. The van der Waals surface area contributed by atoms with Crippen molar-refractivity contribution < 1.29 is 15.3 Å². The van der Waals surface area contributed by atoms with Crippen molar-refractivity contribution in [3.05, 3.63) is 6.92 Å². The van der Waals surface area contributed by atoms with Gasteiger partial charge in [-0.1, -0.05) is 6.92 Å². The van der Waals surface area contributed by atoms with Crippen LogP contribution < -0.4 is 0 Å². The summed E-state index contributed by atoms with van der Waals surface area (Å²) in [6.07, 6.45) is 0.414. The predicted octanol–water partition coefficient (Wildman–Crippen LogP) is -0.684. The average molecular weight is 133 g/mol. The SMILES string of the molecule is [CH2]CC(O)(CO)CCO. The van der Waals surface area contributed by atoms with Gasteiger partial charge in [-0.2, -0.15) is 0 Å². The van der Waals surface area contributed by atoms with E-state index in [0.717, 1.165) is 0 Å². The summed E-state index contributed by atoms with van der Waals surface area (Å²) in [7, 11) is 0. The van der Waals surface area contributed by atoms with Gasteiger partial charge in [-0.3, -0.25) is 0 Å². The molecule has 3 N–H and O–H groups in total. The minimum absolute atomic E-state index is 0.118. The smallest absolute Gasteiger partial charge is 0.0899 e. The van der Waals surface area contributed by atoms with Crippen molar-refractivity contribution in [3.8, 4) is 0 Å². The molecule has 0 fully saturated rings. The van der Waals surface area contributed by atoms with Crippen LogP contribution in [0.15, 0.2) is 0 Å². The van der Waals surface area contributed by atoms with E-state index in [0.29, 0.717) is 0 Å². The van der Waals surface area contributed by atoms with E-state index < -0.39 is 5.60 Å². The molecule has 3 nitrogen and oxygen atoms in total. The molecule has 0 aromatic carbocycles. The van der Waals surface area contributed by atoms with Gasteiger partial charge in [-0.15, -0.1) is 0 Å². The van der Waals surface area contributed by atoms with Crippen molar-refractivity contribution >= 4 is 0 Å². The zero-order chi connectivity index (χ0) is 7.33. The third-order valence-corrected chi connectivity index (χ3v) is 1.34. The fraction of sp³-hybridized carbons (Fsp3) is 0.833. The highest BCUT2D eigenvalue weighted by atomic mass is 16.3. The van der Waals surface area contributed by atoms with Gasteiger partial charge in [0.1, 0.15) is 0 Å². The number of hydrogen-bond donors (Lipinski definition) is 3. The summed E-state index contributed by atoms with van der Waals surface area (Å²) in [4.78, 5) is 0. The molecular weight excluding hydrogens is 120 g/mol. The number of aliphatic hydroxyl groups is 3. The molecule has 0 aliphatic rings. The lowest BCUT2D eigenvalue weighted by Crippen LogP contribution is -2.33. The van der Waals surface area contributed by atoms with Crippen LogP contribution in [0, 0.1) is 6.92 Å². The van der Waals surface area contributed by atoms with Crippen LogP contribution in [0.25, 0.3) is 0 Å². The molecule has 0 saturated carbocycles. The van der Waals surface area contributed by atoms with Crippen molar-refractivity contribution in [2.75, 3.05) is 13.2 Å². The summed E-state index contributed by atoms with van der Waals surface area (Å²) < 4.78 is 0. The van der Waals surface area contributed by atoms with Gasteiger partial charge in [-0.25, -0.2) is 0 Å².